The highest BCUT2D eigenvalue weighted by molar-refractivity contribution is 6.16. The average molecular weight is 468 g/mol. The number of ether oxygens (including phenoxy) is 3. The molecule has 1 aliphatic heterocycles. The molecule has 35 heavy (non-hydrogen) atoms. The predicted octanol–water partition coefficient (Wildman–Crippen LogP) is 6.79. The van der Waals surface area contributed by atoms with Crippen molar-refractivity contribution < 1.29 is 19.0 Å². The molecule has 0 amide bonds. The molecule has 5 nitrogen and oxygen atoms in total. The molecule has 0 fully saturated rings. The minimum absolute atomic E-state index is 0.112. The van der Waals surface area contributed by atoms with Crippen molar-refractivity contribution in [1.82, 2.24) is 4.57 Å². The summed E-state index contributed by atoms with van der Waals surface area (Å²) in [5.41, 5.74) is 6.96. The molecule has 1 aliphatic rings. The summed E-state index contributed by atoms with van der Waals surface area (Å²) in [5.74, 6) is 2.19. The minimum Gasteiger partial charge on any atom is -0.497 e. The van der Waals surface area contributed by atoms with E-state index in [9.17, 15) is 4.79 Å². The molecule has 0 unspecified atom stereocenters. The van der Waals surface area contributed by atoms with Crippen LogP contribution in [0.1, 0.15) is 45.1 Å². The van der Waals surface area contributed by atoms with Gasteiger partial charge < -0.3 is 18.8 Å². The number of fused-ring (bicyclic) bond motifs is 2. The van der Waals surface area contributed by atoms with E-state index in [0.717, 1.165) is 39.9 Å². The fraction of sp³-hybridized carbons (Fsp3) is 0.233. The smallest absolute Gasteiger partial charge is 0.232 e. The molecule has 1 aromatic heterocycles. The van der Waals surface area contributed by atoms with Crippen molar-refractivity contribution in [3.05, 3.63) is 93.9 Å². The number of hydrogen-bond donors (Lipinski definition) is 0. The standard InChI is InChI=1S/C30H29NO4/c1-6-31-16-21(25-14-23(33-5)9-10-26(25)31)13-28-30(32)29-20(4)12-24(15-27(29)35-28)34-17-22-11-18(2)7-8-19(22)3/h7-16H,6,17H2,1-5H3/b28-13-. The zero-order chi connectivity index (χ0) is 24.7. The molecule has 178 valence electrons. The number of carbonyl (C=O) groups excluding carboxylic acids is 1. The van der Waals surface area contributed by atoms with E-state index in [1.54, 1.807) is 7.11 Å². The molecule has 0 saturated carbocycles. The van der Waals surface area contributed by atoms with E-state index in [-0.39, 0.29) is 5.78 Å². The van der Waals surface area contributed by atoms with E-state index in [2.05, 4.69) is 43.5 Å². The second-order valence-electron chi connectivity index (χ2n) is 9.03. The second kappa shape index (κ2) is 8.99. The van der Waals surface area contributed by atoms with E-state index in [4.69, 9.17) is 14.2 Å². The first-order chi connectivity index (χ1) is 16.9. The van der Waals surface area contributed by atoms with Gasteiger partial charge in [-0.25, -0.2) is 0 Å². The van der Waals surface area contributed by atoms with Gasteiger partial charge in [0, 0.05) is 35.3 Å². The highest BCUT2D eigenvalue weighted by Crippen LogP contribution is 2.38. The van der Waals surface area contributed by atoms with Gasteiger partial charge in [0.15, 0.2) is 5.76 Å². The molecule has 5 heteroatoms. The molecular weight excluding hydrogens is 438 g/mol. The number of Topliss-reactive ketones (excluding diaryl/α,β-unsaturated/α-hetero) is 1. The summed E-state index contributed by atoms with van der Waals surface area (Å²) in [4.78, 5) is 13.3. The highest BCUT2D eigenvalue weighted by Gasteiger charge is 2.30. The van der Waals surface area contributed by atoms with Crippen LogP contribution in [-0.4, -0.2) is 17.5 Å². The Bertz CT molecular complexity index is 1490. The first-order valence-electron chi connectivity index (χ1n) is 11.8. The predicted molar refractivity (Wildman–Crippen MR) is 139 cm³/mol. The molecule has 2 heterocycles. The van der Waals surface area contributed by atoms with Crippen molar-refractivity contribution in [2.24, 2.45) is 0 Å². The molecule has 4 aromatic rings. The van der Waals surface area contributed by atoms with Gasteiger partial charge >= 0.3 is 0 Å². The summed E-state index contributed by atoms with van der Waals surface area (Å²) in [5, 5.41) is 1.01. The second-order valence-corrected chi connectivity index (χ2v) is 9.03. The zero-order valence-electron chi connectivity index (χ0n) is 20.8. The Hall–Kier alpha value is -3.99. The molecule has 0 aliphatic carbocycles. The molecule has 3 aromatic carbocycles. The number of benzene rings is 3. The third-order valence-electron chi connectivity index (χ3n) is 6.59. The van der Waals surface area contributed by atoms with Gasteiger partial charge in [-0.3, -0.25) is 4.79 Å². The largest absolute Gasteiger partial charge is 0.497 e. The Labute approximate surface area is 205 Å². The quantitative estimate of drug-likeness (QED) is 0.293. The van der Waals surface area contributed by atoms with E-state index in [1.165, 1.54) is 11.1 Å². The van der Waals surface area contributed by atoms with Crippen LogP contribution in [0.2, 0.25) is 0 Å². The summed E-state index contributed by atoms with van der Waals surface area (Å²) in [6, 6.07) is 16.0. The molecule has 0 bridgehead atoms. The van der Waals surface area contributed by atoms with Crippen molar-refractivity contribution >= 4 is 22.8 Å². The molecular formula is C30H29NO4. The third-order valence-corrected chi connectivity index (χ3v) is 6.59. The Kier molecular flexibility index (Phi) is 5.85. The Morgan fingerprint density at radius 2 is 1.80 bits per heavy atom. The summed E-state index contributed by atoms with van der Waals surface area (Å²) < 4.78 is 19.7. The lowest BCUT2D eigenvalue weighted by Crippen LogP contribution is -2.01. The maximum atomic E-state index is 13.3. The number of aromatic nitrogens is 1. The van der Waals surface area contributed by atoms with Crippen LogP contribution in [0.15, 0.2) is 60.5 Å². The number of methoxy groups -OCH3 is 1. The van der Waals surface area contributed by atoms with Gasteiger partial charge in [-0.15, -0.1) is 0 Å². The fourth-order valence-corrected chi connectivity index (χ4v) is 4.63. The van der Waals surface area contributed by atoms with Crippen LogP contribution >= 0.6 is 0 Å². The number of ketones is 1. The molecule has 0 atom stereocenters. The highest BCUT2D eigenvalue weighted by atomic mass is 16.5. The van der Waals surface area contributed by atoms with Crippen molar-refractivity contribution in [3.8, 4) is 17.2 Å². The molecule has 0 spiro atoms. The number of rotatable bonds is 6. The SMILES string of the molecule is CCn1cc(/C=C2\Oc3cc(OCc4cc(C)ccc4C)cc(C)c3C2=O)c2cc(OC)ccc21. The number of hydrogen-bond acceptors (Lipinski definition) is 4. The number of allylic oxidation sites excluding steroid dienone is 1. The Morgan fingerprint density at radius 3 is 2.57 bits per heavy atom. The monoisotopic (exact) mass is 467 g/mol. The topological polar surface area (TPSA) is 49.7 Å². The zero-order valence-corrected chi connectivity index (χ0v) is 20.8. The molecule has 5 rings (SSSR count). The van der Waals surface area contributed by atoms with Crippen molar-refractivity contribution in [1.29, 1.82) is 0 Å². The fourth-order valence-electron chi connectivity index (χ4n) is 4.63. The van der Waals surface area contributed by atoms with E-state index >= 15 is 0 Å². The van der Waals surface area contributed by atoms with Gasteiger partial charge in [-0.1, -0.05) is 23.8 Å². The molecule has 0 saturated heterocycles. The van der Waals surface area contributed by atoms with Crippen LogP contribution in [-0.2, 0) is 13.2 Å². The minimum atomic E-state index is -0.112. The van der Waals surface area contributed by atoms with E-state index < -0.39 is 0 Å². The lowest BCUT2D eigenvalue weighted by Gasteiger charge is -2.11. The van der Waals surface area contributed by atoms with Crippen LogP contribution in [0.4, 0.5) is 0 Å². The summed E-state index contributed by atoms with van der Waals surface area (Å²) in [7, 11) is 1.65. The van der Waals surface area contributed by atoms with Gasteiger partial charge in [0.1, 0.15) is 23.9 Å². The first-order valence-corrected chi connectivity index (χ1v) is 11.8. The van der Waals surface area contributed by atoms with Crippen molar-refractivity contribution in [2.45, 2.75) is 40.8 Å². The van der Waals surface area contributed by atoms with Crippen LogP contribution in [0, 0.1) is 20.8 Å². The maximum Gasteiger partial charge on any atom is 0.232 e. The summed E-state index contributed by atoms with van der Waals surface area (Å²) >= 11 is 0. The number of carbonyl (C=O) groups is 1. The van der Waals surface area contributed by atoms with Crippen LogP contribution in [0.5, 0.6) is 17.2 Å². The lowest BCUT2D eigenvalue weighted by atomic mass is 10.0. The third kappa shape index (κ3) is 4.18. The molecule has 0 radical (unpaired) electrons. The Balaban J connectivity index is 1.45. The van der Waals surface area contributed by atoms with Crippen LogP contribution in [0.3, 0.4) is 0 Å². The van der Waals surface area contributed by atoms with Crippen LogP contribution in [0.25, 0.3) is 17.0 Å². The van der Waals surface area contributed by atoms with Crippen molar-refractivity contribution in [3.63, 3.8) is 0 Å². The number of aryl methyl sites for hydroxylation is 4. The maximum absolute atomic E-state index is 13.3. The summed E-state index contributed by atoms with van der Waals surface area (Å²) in [6.07, 6.45) is 3.87. The Morgan fingerprint density at radius 1 is 0.971 bits per heavy atom. The summed E-state index contributed by atoms with van der Waals surface area (Å²) in [6.45, 7) is 9.44. The van der Waals surface area contributed by atoms with Gasteiger partial charge in [0.2, 0.25) is 5.78 Å². The molecule has 0 N–H and O–H groups in total. The van der Waals surface area contributed by atoms with Crippen molar-refractivity contribution in [2.75, 3.05) is 7.11 Å². The van der Waals surface area contributed by atoms with Crippen LogP contribution < -0.4 is 14.2 Å². The van der Waals surface area contributed by atoms with Gasteiger partial charge in [-0.05, 0) is 74.7 Å². The first kappa shape index (κ1) is 22.8. The van der Waals surface area contributed by atoms with E-state index in [0.29, 0.717) is 29.4 Å². The van der Waals surface area contributed by atoms with Gasteiger partial charge in [-0.2, -0.15) is 0 Å². The van der Waals surface area contributed by atoms with Gasteiger partial charge in [0.25, 0.3) is 0 Å². The number of nitrogens with zero attached hydrogens (tertiary/aromatic N) is 1. The average Bonchev–Trinajstić information content (AvgIpc) is 3.36. The van der Waals surface area contributed by atoms with E-state index in [1.807, 2.05) is 49.5 Å². The lowest BCUT2D eigenvalue weighted by molar-refractivity contribution is 0.101. The van der Waals surface area contributed by atoms with Gasteiger partial charge in [0.05, 0.1) is 12.7 Å². The normalized spacial score (nSPS) is 13.9.